The predicted octanol–water partition coefficient (Wildman–Crippen LogP) is -0.120. The Labute approximate surface area is 54.4 Å². The molecular formula is C7H11NO. The molecule has 1 saturated carbocycles. The highest BCUT2D eigenvalue weighted by Crippen LogP contribution is 2.41. The molecule has 1 fully saturated rings. The van der Waals surface area contributed by atoms with Gasteiger partial charge in [-0.15, -0.1) is 0 Å². The van der Waals surface area contributed by atoms with Crippen molar-refractivity contribution in [1.29, 1.82) is 0 Å². The molecule has 0 amide bonds. The Hall–Kier alpha value is -0.340. The van der Waals surface area contributed by atoms with Crippen LogP contribution in [0.5, 0.6) is 0 Å². The molecule has 4 atom stereocenters. The Bertz CT molecular complexity index is 155. The van der Waals surface area contributed by atoms with Gasteiger partial charge in [0.05, 0.1) is 6.10 Å². The van der Waals surface area contributed by atoms with Crippen LogP contribution < -0.4 is 5.73 Å². The summed E-state index contributed by atoms with van der Waals surface area (Å²) < 4.78 is 0. The van der Waals surface area contributed by atoms with E-state index in [1.165, 1.54) is 0 Å². The summed E-state index contributed by atoms with van der Waals surface area (Å²) in [5.74, 6) is 0.944. The third-order valence-electron chi connectivity index (χ3n) is 2.54. The van der Waals surface area contributed by atoms with Crippen molar-refractivity contribution in [2.24, 2.45) is 17.6 Å². The Morgan fingerprint density at radius 1 is 1.56 bits per heavy atom. The first kappa shape index (κ1) is 5.45. The Kier molecular flexibility index (Phi) is 0.957. The van der Waals surface area contributed by atoms with Gasteiger partial charge >= 0.3 is 0 Å². The van der Waals surface area contributed by atoms with Crippen LogP contribution in [-0.2, 0) is 0 Å². The third kappa shape index (κ3) is 0.523. The fourth-order valence-corrected chi connectivity index (χ4v) is 1.84. The first-order valence-electron chi connectivity index (χ1n) is 3.41. The molecule has 2 aliphatic carbocycles. The summed E-state index contributed by atoms with van der Waals surface area (Å²) in [6, 6.07) is 0.0220. The summed E-state index contributed by atoms with van der Waals surface area (Å²) in [5.41, 5.74) is 5.61. The molecule has 3 N–H and O–H groups in total. The van der Waals surface area contributed by atoms with E-state index in [-0.39, 0.29) is 12.1 Å². The first-order chi connectivity index (χ1) is 4.30. The van der Waals surface area contributed by atoms with Gasteiger partial charge in [-0.1, -0.05) is 12.2 Å². The summed E-state index contributed by atoms with van der Waals surface area (Å²) >= 11 is 0. The number of rotatable bonds is 0. The monoisotopic (exact) mass is 125 g/mol. The van der Waals surface area contributed by atoms with Crippen molar-refractivity contribution in [3.8, 4) is 0 Å². The van der Waals surface area contributed by atoms with Gasteiger partial charge in [0.1, 0.15) is 0 Å². The van der Waals surface area contributed by atoms with E-state index in [0.29, 0.717) is 11.8 Å². The maximum atomic E-state index is 9.22. The maximum Gasteiger partial charge on any atom is 0.0734 e. The largest absolute Gasteiger partial charge is 0.391 e. The summed E-state index contributed by atoms with van der Waals surface area (Å²) in [7, 11) is 0. The maximum absolute atomic E-state index is 9.22. The smallest absolute Gasteiger partial charge is 0.0734 e. The van der Waals surface area contributed by atoms with Gasteiger partial charge in [-0.3, -0.25) is 0 Å². The Balaban J connectivity index is 2.12. The van der Waals surface area contributed by atoms with Crippen molar-refractivity contribution in [3.05, 3.63) is 12.2 Å². The van der Waals surface area contributed by atoms with E-state index < -0.39 is 0 Å². The topological polar surface area (TPSA) is 46.2 Å². The van der Waals surface area contributed by atoms with Gasteiger partial charge in [-0.25, -0.2) is 0 Å². The molecular weight excluding hydrogens is 114 g/mol. The molecule has 0 aliphatic heterocycles. The number of hydrogen-bond donors (Lipinski definition) is 2. The van der Waals surface area contributed by atoms with Gasteiger partial charge in [0.25, 0.3) is 0 Å². The molecule has 9 heavy (non-hydrogen) atoms. The molecule has 0 spiro atoms. The minimum atomic E-state index is -0.231. The van der Waals surface area contributed by atoms with E-state index in [1.54, 1.807) is 0 Å². The molecule has 0 heterocycles. The molecule has 0 bridgehead atoms. The minimum Gasteiger partial charge on any atom is -0.391 e. The molecule has 0 radical (unpaired) electrons. The lowest BCUT2D eigenvalue weighted by Gasteiger charge is -2.43. The third-order valence-corrected chi connectivity index (χ3v) is 2.54. The molecule has 2 nitrogen and oxygen atoms in total. The SMILES string of the molecule is NC1C(O)C2CC=CC12. The van der Waals surface area contributed by atoms with Crippen LogP contribution in [0, 0.1) is 11.8 Å². The molecule has 4 unspecified atom stereocenters. The number of hydrogen-bond acceptors (Lipinski definition) is 2. The molecule has 0 aromatic rings. The zero-order valence-electron chi connectivity index (χ0n) is 5.20. The van der Waals surface area contributed by atoms with E-state index in [1.807, 2.05) is 0 Å². The van der Waals surface area contributed by atoms with Crippen LogP contribution in [0.2, 0.25) is 0 Å². The van der Waals surface area contributed by atoms with Crippen LogP contribution in [0.4, 0.5) is 0 Å². The molecule has 2 aliphatic rings. The van der Waals surface area contributed by atoms with Crippen LogP contribution in [-0.4, -0.2) is 17.3 Å². The number of allylic oxidation sites excluding steroid dienone is 1. The van der Waals surface area contributed by atoms with Crippen LogP contribution >= 0.6 is 0 Å². The van der Waals surface area contributed by atoms with Gasteiger partial charge in [-0.2, -0.15) is 0 Å². The second kappa shape index (κ2) is 1.58. The van der Waals surface area contributed by atoms with Gasteiger partial charge in [-0.05, 0) is 12.3 Å². The Morgan fingerprint density at radius 2 is 2.33 bits per heavy atom. The molecule has 0 aromatic heterocycles. The average molecular weight is 125 g/mol. The average Bonchev–Trinajstić information content (AvgIpc) is 2.30. The Morgan fingerprint density at radius 3 is 3.00 bits per heavy atom. The van der Waals surface area contributed by atoms with Gasteiger partial charge in [0, 0.05) is 12.0 Å². The van der Waals surface area contributed by atoms with E-state index in [0.717, 1.165) is 6.42 Å². The number of aliphatic hydroxyl groups is 1. The van der Waals surface area contributed by atoms with Crippen molar-refractivity contribution >= 4 is 0 Å². The van der Waals surface area contributed by atoms with Gasteiger partial charge in [0.15, 0.2) is 0 Å². The van der Waals surface area contributed by atoms with Crippen molar-refractivity contribution in [2.45, 2.75) is 18.6 Å². The number of fused-ring (bicyclic) bond motifs is 1. The second-order valence-electron chi connectivity index (χ2n) is 2.97. The lowest BCUT2D eigenvalue weighted by Crippen LogP contribution is -2.58. The number of aliphatic hydroxyl groups excluding tert-OH is 1. The molecule has 2 heteroatoms. The zero-order valence-corrected chi connectivity index (χ0v) is 5.20. The normalized spacial score (nSPS) is 54.9. The molecule has 2 rings (SSSR count). The molecule has 0 aromatic carbocycles. The van der Waals surface area contributed by atoms with E-state index in [9.17, 15) is 5.11 Å². The summed E-state index contributed by atoms with van der Waals surface area (Å²) in [4.78, 5) is 0. The second-order valence-corrected chi connectivity index (χ2v) is 2.97. The van der Waals surface area contributed by atoms with Crippen LogP contribution in [0.15, 0.2) is 12.2 Å². The molecule has 50 valence electrons. The summed E-state index contributed by atoms with van der Waals surface area (Å²) in [6.07, 6.45) is 5.04. The minimum absolute atomic E-state index is 0.0220. The van der Waals surface area contributed by atoms with Crippen molar-refractivity contribution < 1.29 is 5.11 Å². The summed E-state index contributed by atoms with van der Waals surface area (Å²) in [5, 5.41) is 9.22. The number of nitrogens with two attached hydrogens (primary N) is 1. The fourth-order valence-electron chi connectivity index (χ4n) is 1.84. The highest BCUT2D eigenvalue weighted by molar-refractivity contribution is 5.16. The highest BCUT2D eigenvalue weighted by Gasteiger charge is 2.47. The zero-order chi connectivity index (χ0) is 6.43. The predicted molar refractivity (Wildman–Crippen MR) is 34.7 cm³/mol. The van der Waals surface area contributed by atoms with Crippen molar-refractivity contribution in [3.63, 3.8) is 0 Å². The summed E-state index contributed by atoms with van der Waals surface area (Å²) in [6.45, 7) is 0. The quantitative estimate of drug-likeness (QED) is 0.443. The van der Waals surface area contributed by atoms with Crippen LogP contribution in [0.25, 0.3) is 0 Å². The van der Waals surface area contributed by atoms with Crippen LogP contribution in [0.1, 0.15) is 6.42 Å². The standard InChI is InChI=1S/C7H11NO/c8-6-4-2-1-3-5(4)7(6)9/h1-2,4-7,9H,3,8H2. The van der Waals surface area contributed by atoms with Crippen LogP contribution in [0.3, 0.4) is 0 Å². The van der Waals surface area contributed by atoms with E-state index in [4.69, 9.17) is 5.73 Å². The molecule has 0 saturated heterocycles. The lowest BCUT2D eigenvalue weighted by atomic mass is 9.69. The highest BCUT2D eigenvalue weighted by atomic mass is 16.3. The lowest BCUT2D eigenvalue weighted by molar-refractivity contribution is -0.0276. The van der Waals surface area contributed by atoms with Crippen molar-refractivity contribution in [2.75, 3.05) is 0 Å². The van der Waals surface area contributed by atoms with E-state index >= 15 is 0 Å². The fraction of sp³-hybridized carbons (Fsp3) is 0.714. The van der Waals surface area contributed by atoms with Crippen molar-refractivity contribution in [1.82, 2.24) is 0 Å². The van der Waals surface area contributed by atoms with E-state index in [2.05, 4.69) is 12.2 Å². The van der Waals surface area contributed by atoms with Gasteiger partial charge < -0.3 is 10.8 Å². The first-order valence-corrected chi connectivity index (χ1v) is 3.41. The van der Waals surface area contributed by atoms with Gasteiger partial charge in [0.2, 0.25) is 0 Å².